The number of hydrogen-bond donors (Lipinski definition) is 1. The molecule has 104 valence electrons. The summed E-state index contributed by atoms with van der Waals surface area (Å²) in [4.78, 5) is 25.0. The van der Waals surface area contributed by atoms with E-state index in [0.29, 0.717) is 16.5 Å². The van der Waals surface area contributed by atoms with Crippen molar-refractivity contribution in [2.24, 2.45) is 0 Å². The van der Waals surface area contributed by atoms with Crippen molar-refractivity contribution < 1.29 is 4.79 Å². The van der Waals surface area contributed by atoms with E-state index in [-0.39, 0.29) is 5.91 Å². The second kappa shape index (κ2) is 5.80. The topological polar surface area (TPSA) is 67.8 Å². The number of nitrogens with one attached hydrogen (secondary N) is 1. The fourth-order valence-corrected chi connectivity index (χ4v) is 2.47. The molecule has 3 aromatic heterocycles. The average molecular weight is 296 g/mol. The van der Waals surface area contributed by atoms with Crippen LogP contribution in [-0.4, -0.2) is 20.9 Å². The Morgan fingerprint density at radius 1 is 1.10 bits per heavy atom. The number of anilines is 1. The molecule has 3 heterocycles. The molecule has 0 unspecified atom stereocenters. The Morgan fingerprint density at radius 2 is 1.95 bits per heavy atom. The van der Waals surface area contributed by atoms with Gasteiger partial charge in [0, 0.05) is 11.6 Å². The van der Waals surface area contributed by atoms with Gasteiger partial charge in [0.25, 0.3) is 5.91 Å². The Hall–Kier alpha value is -2.60. The third-order valence-corrected chi connectivity index (χ3v) is 3.62. The van der Waals surface area contributed by atoms with E-state index in [1.807, 2.05) is 36.6 Å². The maximum Gasteiger partial charge on any atom is 0.276 e. The summed E-state index contributed by atoms with van der Waals surface area (Å²) in [5.74, 6) is -0.276. The smallest absolute Gasteiger partial charge is 0.276 e. The number of amides is 1. The molecule has 5 nitrogen and oxygen atoms in total. The van der Waals surface area contributed by atoms with E-state index in [1.165, 1.54) is 11.3 Å². The van der Waals surface area contributed by atoms with Gasteiger partial charge in [-0.05, 0) is 31.2 Å². The summed E-state index contributed by atoms with van der Waals surface area (Å²) in [5.41, 5.74) is 2.62. The normalized spacial score (nSPS) is 10.3. The molecular weight excluding hydrogens is 284 g/mol. The van der Waals surface area contributed by atoms with Gasteiger partial charge in [-0.2, -0.15) is 0 Å². The van der Waals surface area contributed by atoms with E-state index < -0.39 is 0 Å². The number of nitrogens with zero attached hydrogens (tertiary/aromatic N) is 3. The van der Waals surface area contributed by atoms with Crippen molar-refractivity contribution in [1.29, 1.82) is 0 Å². The Balaban J connectivity index is 1.84. The number of carbonyl (C=O) groups excluding carboxylic acids is 1. The van der Waals surface area contributed by atoms with E-state index >= 15 is 0 Å². The lowest BCUT2D eigenvalue weighted by atomic mass is 10.2. The van der Waals surface area contributed by atoms with Crippen LogP contribution in [0.2, 0.25) is 0 Å². The first-order chi connectivity index (χ1) is 10.2. The van der Waals surface area contributed by atoms with Gasteiger partial charge in [-0.25, -0.2) is 9.97 Å². The highest BCUT2D eigenvalue weighted by atomic mass is 32.1. The molecular formula is C15H12N4OS. The van der Waals surface area contributed by atoms with Crippen LogP contribution in [0.5, 0.6) is 0 Å². The van der Waals surface area contributed by atoms with Crippen LogP contribution in [0, 0.1) is 6.92 Å². The molecule has 1 amide bonds. The minimum absolute atomic E-state index is 0.276. The minimum atomic E-state index is -0.276. The van der Waals surface area contributed by atoms with Crippen LogP contribution in [0.3, 0.4) is 0 Å². The molecule has 0 aliphatic rings. The largest absolute Gasteiger partial charge is 0.296 e. The van der Waals surface area contributed by atoms with Gasteiger partial charge in [-0.15, -0.1) is 11.3 Å². The lowest BCUT2D eigenvalue weighted by Crippen LogP contribution is -2.13. The Labute approximate surface area is 125 Å². The fourth-order valence-electron chi connectivity index (χ4n) is 1.79. The molecule has 6 heteroatoms. The number of aryl methyl sites for hydroxylation is 1. The van der Waals surface area contributed by atoms with E-state index in [4.69, 9.17) is 0 Å². The highest BCUT2D eigenvalue weighted by Crippen LogP contribution is 2.17. The lowest BCUT2D eigenvalue weighted by molar-refractivity contribution is 0.102. The first-order valence-electron chi connectivity index (χ1n) is 6.34. The van der Waals surface area contributed by atoms with E-state index in [1.54, 1.807) is 18.3 Å². The monoisotopic (exact) mass is 296 g/mol. The SMILES string of the molecule is Cc1csc(NC(=O)c2cccc(-c3ccccn3)n2)n1. The predicted molar refractivity (Wildman–Crippen MR) is 82.3 cm³/mol. The first kappa shape index (κ1) is 13.4. The number of hydrogen-bond acceptors (Lipinski definition) is 5. The molecule has 0 saturated heterocycles. The number of aromatic nitrogens is 3. The minimum Gasteiger partial charge on any atom is -0.296 e. The van der Waals surface area contributed by atoms with E-state index in [2.05, 4.69) is 20.3 Å². The number of carbonyl (C=O) groups is 1. The third kappa shape index (κ3) is 3.11. The van der Waals surface area contributed by atoms with Crippen LogP contribution in [0.1, 0.15) is 16.2 Å². The van der Waals surface area contributed by atoms with Gasteiger partial charge in [-0.3, -0.25) is 15.1 Å². The maximum absolute atomic E-state index is 12.2. The zero-order chi connectivity index (χ0) is 14.7. The van der Waals surface area contributed by atoms with Crippen LogP contribution in [-0.2, 0) is 0 Å². The molecule has 3 rings (SSSR count). The molecule has 0 spiro atoms. The molecule has 0 aromatic carbocycles. The van der Waals surface area contributed by atoms with Gasteiger partial charge in [0.1, 0.15) is 5.69 Å². The first-order valence-corrected chi connectivity index (χ1v) is 7.22. The molecule has 0 aliphatic heterocycles. The van der Waals surface area contributed by atoms with Crippen LogP contribution < -0.4 is 5.32 Å². The van der Waals surface area contributed by atoms with Gasteiger partial charge in [0.2, 0.25) is 0 Å². The third-order valence-electron chi connectivity index (χ3n) is 2.75. The molecule has 1 N–H and O–H groups in total. The van der Waals surface area contributed by atoms with Gasteiger partial charge in [-0.1, -0.05) is 12.1 Å². The molecule has 0 radical (unpaired) electrons. The summed E-state index contributed by atoms with van der Waals surface area (Å²) in [7, 11) is 0. The summed E-state index contributed by atoms with van der Waals surface area (Å²) in [5, 5.41) is 5.20. The number of rotatable bonds is 3. The van der Waals surface area contributed by atoms with Gasteiger partial charge in [0.05, 0.1) is 17.1 Å². The Morgan fingerprint density at radius 3 is 2.67 bits per heavy atom. The highest BCUT2D eigenvalue weighted by Gasteiger charge is 2.11. The molecule has 0 aliphatic carbocycles. The van der Waals surface area contributed by atoms with Crippen molar-refractivity contribution in [3.63, 3.8) is 0 Å². The van der Waals surface area contributed by atoms with E-state index in [0.717, 1.165) is 11.4 Å². The Bertz CT molecular complexity index is 770. The van der Waals surface area contributed by atoms with Crippen LogP contribution in [0.4, 0.5) is 5.13 Å². The van der Waals surface area contributed by atoms with Gasteiger partial charge < -0.3 is 0 Å². The van der Waals surface area contributed by atoms with Crippen LogP contribution in [0.25, 0.3) is 11.4 Å². The van der Waals surface area contributed by atoms with Crippen molar-refractivity contribution in [1.82, 2.24) is 15.0 Å². The zero-order valence-corrected chi connectivity index (χ0v) is 12.1. The summed E-state index contributed by atoms with van der Waals surface area (Å²) in [6.45, 7) is 1.88. The van der Waals surface area contributed by atoms with Gasteiger partial charge >= 0.3 is 0 Å². The number of thiazole rings is 1. The second-order valence-electron chi connectivity index (χ2n) is 4.37. The lowest BCUT2D eigenvalue weighted by Gasteiger charge is -2.04. The van der Waals surface area contributed by atoms with Crippen molar-refractivity contribution >= 4 is 22.4 Å². The molecule has 21 heavy (non-hydrogen) atoms. The quantitative estimate of drug-likeness (QED) is 0.806. The van der Waals surface area contributed by atoms with Crippen LogP contribution >= 0.6 is 11.3 Å². The molecule has 0 fully saturated rings. The van der Waals surface area contributed by atoms with E-state index in [9.17, 15) is 4.79 Å². The van der Waals surface area contributed by atoms with Crippen molar-refractivity contribution in [2.45, 2.75) is 6.92 Å². The fraction of sp³-hybridized carbons (Fsp3) is 0.0667. The zero-order valence-electron chi connectivity index (χ0n) is 11.3. The standard InChI is InChI=1S/C15H12N4OS/c1-10-9-21-15(17-10)19-14(20)13-7-4-6-12(18-13)11-5-2-3-8-16-11/h2-9H,1H3,(H,17,19,20). The predicted octanol–water partition coefficient (Wildman–Crippen LogP) is 3.16. The number of pyridine rings is 2. The average Bonchev–Trinajstić information content (AvgIpc) is 2.93. The summed E-state index contributed by atoms with van der Waals surface area (Å²) in [6, 6.07) is 10.9. The molecule has 3 aromatic rings. The highest BCUT2D eigenvalue weighted by molar-refractivity contribution is 7.13. The molecule has 0 saturated carbocycles. The summed E-state index contributed by atoms with van der Waals surface area (Å²) < 4.78 is 0. The molecule has 0 bridgehead atoms. The van der Waals surface area contributed by atoms with Crippen LogP contribution in [0.15, 0.2) is 48.0 Å². The van der Waals surface area contributed by atoms with Crippen molar-refractivity contribution in [3.8, 4) is 11.4 Å². The Kier molecular flexibility index (Phi) is 3.70. The summed E-state index contributed by atoms with van der Waals surface area (Å²) in [6.07, 6.45) is 1.70. The van der Waals surface area contributed by atoms with Crippen molar-refractivity contribution in [3.05, 3.63) is 59.4 Å². The maximum atomic E-state index is 12.2. The van der Waals surface area contributed by atoms with Gasteiger partial charge in [0.15, 0.2) is 5.13 Å². The summed E-state index contributed by atoms with van der Waals surface area (Å²) >= 11 is 1.39. The molecule has 0 atom stereocenters. The van der Waals surface area contributed by atoms with Crippen molar-refractivity contribution in [2.75, 3.05) is 5.32 Å². The second-order valence-corrected chi connectivity index (χ2v) is 5.23.